The number of carbonyl (C=O) groups excluding carboxylic acids is 2. The van der Waals surface area contributed by atoms with Gasteiger partial charge in [0, 0.05) is 19.6 Å². The Labute approximate surface area is 216 Å². The number of rotatable bonds is 6. The molecular formula is C30H56N2O3. The summed E-state index contributed by atoms with van der Waals surface area (Å²) in [6.45, 7) is 11.4. The number of aryl methyl sites for hydroxylation is 1. The summed E-state index contributed by atoms with van der Waals surface area (Å²) >= 11 is 0. The number of nitrogens with two attached hydrogens (primary N) is 2. The van der Waals surface area contributed by atoms with E-state index < -0.39 is 0 Å². The average Bonchev–Trinajstić information content (AvgIpc) is 2.91. The number of hydrogen-bond donors (Lipinski definition) is 3. The van der Waals surface area contributed by atoms with Gasteiger partial charge >= 0.3 is 0 Å². The molecule has 1 aliphatic carbocycles. The van der Waals surface area contributed by atoms with Crippen LogP contribution in [0.3, 0.4) is 0 Å². The minimum atomic E-state index is 0.139. The van der Waals surface area contributed by atoms with Crippen molar-refractivity contribution >= 4 is 12.6 Å². The van der Waals surface area contributed by atoms with E-state index in [1.807, 2.05) is 0 Å². The van der Waals surface area contributed by atoms with Gasteiger partial charge in [-0.2, -0.15) is 0 Å². The second-order valence-electron chi connectivity index (χ2n) is 8.94. The Bertz CT molecular complexity index is 605. The van der Waals surface area contributed by atoms with Crippen molar-refractivity contribution in [3.8, 4) is 0 Å². The third kappa shape index (κ3) is 21.2. The van der Waals surface area contributed by atoms with Crippen molar-refractivity contribution in [2.45, 2.75) is 86.0 Å². The molecule has 1 aliphatic rings. The number of carbonyl (C=O) groups is 2. The molecule has 5 heteroatoms. The van der Waals surface area contributed by atoms with Crippen LogP contribution in [0, 0.1) is 23.7 Å². The highest BCUT2D eigenvalue weighted by Crippen LogP contribution is 2.34. The second kappa shape index (κ2) is 28.4. The zero-order valence-corrected chi connectivity index (χ0v) is 23.7. The minimum absolute atomic E-state index is 0.139. The molecule has 0 amide bonds. The normalized spacial score (nSPS) is 21.7. The average molecular weight is 493 g/mol. The van der Waals surface area contributed by atoms with Crippen LogP contribution in [0.5, 0.6) is 0 Å². The lowest BCUT2D eigenvalue weighted by atomic mass is 9.75. The van der Waals surface area contributed by atoms with Crippen molar-refractivity contribution in [2.24, 2.45) is 35.1 Å². The van der Waals surface area contributed by atoms with Gasteiger partial charge in [-0.15, -0.1) is 0 Å². The molecule has 0 aromatic heterocycles. The van der Waals surface area contributed by atoms with Gasteiger partial charge in [-0.25, -0.2) is 0 Å². The minimum Gasteiger partial charge on any atom is -0.400 e. The van der Waals surface area contributed by atoms with Crippen LogP contribution in [0.4, 0.5) is 0 Å². The highest BCUT2D eigenvalue weighted by Gasteiger charge is 2.24. The third-order valence-corrected chi connectivity index (χ3v) is 6.39. The van der Waals surface area contributed by atoms with Crippen LogP contribution >= 0.6 is 0 Å². The first-order valence-corrected chi connectivity index (χ1v) is 13.2. The molecule has 2 rings (SSSR count). The van der Waals surface area contributed by atoms with E-state index in [-0.39, 0.29) is 12.5 Å². The lowest BCUT2D eigenvalue weighted by molar-refractivity contribution is -0.112. The maximum absolute atomic E-state index is 11.1. The fourth-order valence-electron chi connectivity index (χ4n) is 4.17. The molecule has 1 aromatic rings. The van der Waals surface area contributed by atoms with Gasteiger partial charge in [0.1, 0.15) is 12.6 Å². The molecule has 5 nitrogen and oxygen atoms in total. The van der Waals surface area contributed by atoms with Gasteiger partial charge in [-0.1, -0.05) is 82.5 Å². The Morgan fingerprint density at radius 2 is 1.66 bits per heavy atom. The van der Waals surface area contributed by atoms with E-state index in [2.05, 4.69) is 82.5 Å². The molecular weight excluding hydrogens is 436 g/mol. The van der Waals surface area contributed by atoms with E-state index in [0.717, 1.165) is 25.2 Å². The molecule has 3 unspecified atom stereocenters. The zero-order chi connectivity index (χ0) is 27.5. The summed E-state index contributed by atoms with van der Waals surface area (Å²) in [5.41, 5.74) is 12.1. The number of allylic oxidation sites excluding steroid dienone is 2. The van der Waals surface area contributed by atoms with Crippen molar-refractivity contribution in [1.82, 2.24) is 0 Å². The highest BCUT2D eigenvalue weighted by atomic mass is 16.2. The van der Waals surface area contributed by atoms with E-state index in [9.17, 15) is 4.79 Å². The van der Waals surface area contributed by atoms with Crippen molar-refractivity contribution in [3.63, 3.8) is 0 Å². The van der Waals surface area contributed by atoms with E-state index in [4.69, 9.17) is 9.90 Å². The zero-order valence-electron chi connectivity index (χ0n) is 23.7. The van der Waals surface area contributed by atoms with Crippen molar-refractivity contribution in [3.05, 3.63) is 47.5 Å². The highest BCUT2D eigenvalue weighted by molar-refractivity contribution is 5.53. The molecule has 1 aromatic carbocycles. The van der Waals surface area contributed by atoms with Gasteiger partial charge in [0.25, 0.3) is 0 Å². The molecule has 204 valence electrons. The number of aldehydes is 2. The van der Waals surface area contributed by atoms with Gasteiger partial charge in [0.15, 0.2) is 0 Å². The number of benzene rings is 1. The molecule has 0 aliphatic heterocycles. The lowest BCUT2D eigenvalue weighted by Crippen LogP contribution is -2.21. The molecule has 0 saturated heterocycles. The van der Waals surface area contributed by atoms with Crippen LogP contribution in [0.2, 0.25) is 0 Å². The Balaban J connectivity index is -0.000000500. The Morgan fingerprint density at radius 1 is 1.09 bits per heavy atom. The third-order valence-electron chi connectivity index (χ3n) is 6.39. The van der Waals surface area contributed by atoms with Gasteiger partial charge in [-0.3, -0.25) is 0 Å². The first-order chi connectivity index (χ1) is 16.9. The van der Waals surface area contributed by atoms with Crippen LogP contribution in [0.1, 0.15) is 85.1 Å². The van der Waals surface area contributed by atoms with Crippen LogP contribution in [-0.4, -0.2) is 38.4 Å². The molecule has 0 heterocycles. The maximum atomic E-state index is 11.1. The van der Waals surface area contributed by atoms with Crippen molar-refractivity contribution in [1.29, 1.82) is 0 Å². The summed E-state index contributed by atoms with van der Waals surface area (Å²) in [5.74, 6) is 2.39. The van der Waals surface area contributed by atoms with Crippen LogP contribution in [0.15, 0.2) is 42.0 Å². The summed E-state index contributed by atoms with van der Waals surface area (Å²) < 4.78 is 0. The van der Waals surface area contributed by atoms with Gasteiger partial charge in [-0.05, 0) is 75.8 Å². The van der Waals surface area contributed by atoms with E-state index >= 15 is 0 Å². The van der Waals surface area contributed by atoms with E-state index in [1.54, 1.807) is 0 Å². The van der Waals surface area contributed by atoms with E-state index in [1.165, 1.54) is 69.6 Å². The Morgan fingerprint density at radius 3 is 2.11 bits per heavy atom. The van der Waals surface area contributed by atoms with Crippen LogP contribution in [0.25, 0.3) is 0 Å². The van der Waals surface area contributed by atoms with Gasteiger partial charge in [0.2, 0.25) is 0 Å². The van der Waals surface area contributed by atoms with Crippen molar-refractivity contribution < 1.29 is 14.7 Å². The van der Waals surface area contributed by atoms with Gasteiger partial charge in [0.05, 0.1) is 0 Å². The first kappa shape index (κ1) is 37.7. The maximum Gasteiger partial charge on any atom is 0.133 e. The number of aliphatic hydroxyl groups is 1. The Hall–Kier alpha value is -1.82. The van der Waals surface area contributed by atoms with Gasteiger partial charge < -0.3 is 26.2 Å². The monoisotopic (exact) mass is 492 g/mol. The lowest BCUT2D eigenvalue weighted by Gasteiger charge is -2.30. The summed E-state index contributed by atoms with van der Waals surface area (Å²) in [7, 11) is 2.50. The van der Waals surface area contributed by atoms with E-state index in [0.29, 0.717) is 12.2 Å². The molecule has 4 atom stereocenters. The Kier molecular flexibility index (Phi) is 30.6. The second-order valence-corrected chi connectivity index (χ2v) is 8.94. The van der Waals surface area contributed by atoms with Crippen LogP contribution < -0.4 is 11.5 Å². The number of aliphatic hydroxyl groups excluding tert-OH is 1. The number of hydrogen-bond acceptors (Lipinski definition) is 5. The predicted molar refractivity (Wildman–Crippen MR) is 152 cm³/mol. The molecule has 0 spiro atoms. The summed E-state index contributed by atoms with van der Waals surface area (Å²) in [5, 5.41) is 7.00. The molecule has 35 heavy (non-hydrogen) atoms. The smallest absolute Gasteiger partial charge is 0.133 e. The molecule has 0 saturated carbocycles. The standard InChI is InChI=1S/C17H30O.C9H12.C2H5NO.CH5N.CH4O/c1-5-16-11-17(15(4)12-18)10-9-13(2)7-6-8-14(16)3;1-2-6-9-7-4-3-5-8-9;3-1-2-4;2*1-2/h7,12,14-17H,5-6,8-11H2,1-4H3;3-5,7-8H,2,6H2,1H3;2H,1,3H2;2H2,1H3;2H,1H3/b13-7+;;;;/t14?,15-,16?,17?;;;;/m1..../s1. The summed E-state index contributed by atoms with van der Waals surface area (Å²) in [6, 6.07) is 10.6. The van der Waals surface area contributed by atoms with Crippen molar-refractivity contribution in [2.75, 3.05) is 20.7 Å². The summed E-state index contributed by atoms with van der Waals surface area (Å²) in [6.07, 6.45) is 14.1. The fourth-order valence-corrected chi connectivity index (χ4v) is 4.17. The largest absolute Gasteiger partial charge is 0.400 e. The molecule has 0 bridgehead atoms. The molecule has 0 radical (unpaired) electrons. The fraction of sp³-hybridized carbons (Fsp3) is 0.667. The molecule has 0 fully saturated rings. The SMILES string of the molecule is CCC1CC([C@H](C)C=O)CC/C(C)=C/CCC1C.CCCc1ccccc1.CN.CO.NCC=O. The quantitative estimate of drug-likeness (QED) is 0.335. The van der Waals surface area contributed by atoms with Crippen LogP contribution in [-0.2, 0) is 16.0 Å². The molecule has 5 N–H and O–H groups in total. The predicted octanol–water partition coefficient (Wildman–Crippen LogP) is 5.98. The first-order valence-electron chi connectivity index (χ1n) is 13.2. The topological polar surface area (TPSA) is 106 Å². The summed E-state index contributed by atoms with van der Waals surface area (Å²) in [4.78, 5) is 20.1.